The third kappa shape index (κ3) is 5.54. The van der Waals surface area contributed by atoms with Gasteiger partial charge in [0, 0.05) is 38.4 Å². The van der Waals surface area contributed by atoms with Gasteiger partial charge in [-0.2, -0.15) is 0 Å². The van der Waals surface area contributed by atoms with E-state index in [2.05, 4.69) is 170 Å². The van der Waals surface area contributed by atoms with Gasteiger partial charge >= 0.3 is 0 Å². The van der Waals surface area contributed by atoms with Gasteiger partial charge in [0.1, 0.15) is 11.2 Å². The largest absolute Gasteiger partial charge is 0.455 e. The molecule has 0 radical (unpaired) electrons. The molecule has 8 aromatic carbocycles. The maximum atomic E-state index is 6.79. The SMILES string of the molecule is c1ccc(-c2cccc(-c3nc(-c4cccc(-c5ccccc5)c4)nc(-c4cc5c6cccc(-c7ccccc7)c6oc5c5ccccc45)n3)c2)cc1. The van der Waals surface area contributed by atoms with Gasteiger partial charge in [0.05, 0.1) is 0 Å². The molecule has 0 amide bonds. The molecule has 0 N–H and O–H groups in total. The molecule has 0 bridgehead atoms. The van der Waals surface area contributed by atoms with Gasteiger partial charge in [0.2, 0.25) is 0 Å². The lowest BCUT2D eigenvalue weighted by Gasteiger charge is -2.12. The van der Waals surface area contributed by atoms with Gasteiger partial charge in [0.25, 0.3) is 0 Å². The van der Waals surface area contributed by atoms with Crippen LogP contribution in [-0.2, 0) is 0 Å². The van der Waals surface area contributed by atoms with Crippen molar-refractivity contribution in [3.05, 3.63) is 188 Å². The van der Waals surface area contributed by atoms with Crippen LogP contribution >= 0.6 is 0 Å². The fourth-order valence-electron chi connectivity index (χ4n) is 7.34. The van der Waals surface area contributed by atoms with Gasteiger partial charge in [-0.1, -0.05) is 170 Å². The summed E-state index contributed by atoms with van der Waals surface area (Å²) in [6.45, 7) is 0. The van der Waals surface area contributed by atoms with Crippen molar-refractivity contribution in [1.82, 2.24) is 15.0 Å². The van der Waals surface area contributed by atoms with Crippen LogP contribution in [0.25, 0.3) is 100 Å². The van der Waals surface area contributed by atoms with Crippen molar-refractivity contribution in [2.75, 3.05) is 0 Å². The third-order valence-electron chi connectivity index (χ3n) is 9.92. The molecule has 10 aromatic rings. The summed E-state index contributed by atoms with van der Waals surface area (Å²) in [7, 11) is 0. The highest BCUT2D eigenvalue weighted by Gasteiger charge is 2.20. The average Bonchev–Trinajstić information content (AvgIpc) is 3.63. The monoisotopic (exact) mass is 677 g/mol. The van der Waals surface area contributed by atoms with Crippen LogP contribution in [0.15, 0.2) is 192 Å². The standard InChI is InChI=1S/C49H31N3O/c1-4-15-32(16-5-1)35-21-12-23-37(29-35)47-50-48(38-24-13-22-36(30-38)33-17-6-2-7-18-33)52-49(51-47)44-31-43-42-28-14-27-39(34-19-8-3-9-20-34)45(42)53-46(43)41-26-11-10-25-40(41)44/h1-31H. The Bertz CT molecular complexity index is 2830. The number of nitrogens with zero attached hydrogens (tertiary/aromatic N) is 3. The van der Waals surface area contributed by atoms with E-state index in [1.165, 1.54) is 0 Å². The summed E-state index contributed by atoms with van der Waals surface area (Å²) in [4.78, 5) is 15.7. The van der Waals surface area contributed by atoms with Crippen LogP contribution in [0.2, 0.25) is 0 Å². The summed E-state index contributed by atoms with van der Waals surface area (Å²) in [5.41, 5.74) is 11.1. The fourth-order valence-corrected chi connectivity index (χ4v) is 7.34. The molecule has 0 atom stereocenters. The lowest BCUT2D eigenvalue weighted by atomic mass is 9.98. The number of para-hydroxylation sites is 1. The predicted octanol–water partition coefficient (Wildman–Crippen LogP) is 12.9. The van der Waals surface area contributed by atoms with Crippen LogP contribution < -0.4 is 0 Å². The zero-order valence-corrected chi connectivity index (χ0v) is 28.6. The molecule has 4 nitrogen and oxygen atoms in total. The van der Waals surface area contributed by atoms with Crippen molar-refractivity contribution in [3.8, 4) is 67.5 Å². The van der Waals surface area contributed by atoms with E-state index >= 15 is 0 Å². The summed E-state index contributed by atoms with van der Waals surface area (Å²) in [5, 5.41) is 4.09. The molecular formula is C49H31N3O. The van der Waals surface area contributed by atoms with Crippen LogP contribution in [0, 0.1) is 0 Å². The number of benzene rings is 8. The highest BCUT2D eigenvalue weighted by atomic mass is 16.3. The first-order chi connectivity index (χ1) is 26.3. The van der Waals surface area contributed by atoms with Gasteiger partial charge in [-0.25, -0.2) is 15.0 Å². The average molecular weight is 678 g/mol. The number of aromatic nitrogens is 3. The predicted molar refractivity (Wildman–Crippen MR) is 217 cm³/mol. The van der Waals surface area contributed by atoms with Crippen molar-refractivity contribution in [3.63, 3.8) is 0 Å². The van der Waals surface area contributed by atoms with Crippen LogP contribution in [-0.4, -0.2) is 15.0 Å². The minimum atomic E-state index is 0.604. The molecule has 0 spiro atoms. The van der Waals surface area contributed by atoms with Crippen LogP contribution in [0.3, 0.4) is 0 Å². The molecule has 0 aliphatic heterocycles. The normalized spacial score (nSPS) is 11.4. The van der Waals surface area contributed by atoms with Crippen molar-refractivity contribution < 1.29 is 4.42 Å². The lowest BCUT2D eigenvalue weighted by Crippen LogP contribution is -2.01. The van der Waals surface area contributed by atoms with Gasteiger partial charge in [-0.3, -0.25) is 0 Å². The summed E-state index contributed by atoms with van der Waals surface area (Å²) in [6, 6.07) is 65.0. The maximum absolute atomic E-state index is 6.79. The molecule has 0 saturated heterocycles. The van der Waals surface area contributed by atoms with E-state index < -0.39 is 0 Å². The van der Waals surface area contributed by atoms with Crippen molar-refractivity contribution in [2.24, 2.45) is 0 Å². The number of furan rings is 1. The van der Waals surface area contributed by atoms with Crippen LogP contribution in [0.5, 0.6) is 0 Å². The molecular weight excluding hydrogens is 647 g/mol. The van der Waals surface area contributed by atoms with Gasteiger partial charge < -0.3 is 4.42 Å². The Kier molecular flexibility index (Phi) is 7.43. The number of rotatable bonds is 6. The van der Waals surface area contributed by atoms with Gasteiger partial charge in [-0.05, 0) is 51.4 Å². The highest BCUT2D eigenvalue weighted by Crippen LogP contribution is 2.42. The molecule has 0 fully saturated rings. The quantitative estimate of drug-likeness (QED) is 0.176. The third-order valence-corrected chi connectivity index (χ3v) is 9.92. The summed E-state index contributed by atoms with van der Waals surface area (Å²) in [6.07, 6.45) is 0. The first-order valence-electron chi connectivity index (χ1n) is 17.8. The van der Waals surface area contributed by atoms with E-state index in [-0.39, 0.29) is 0 Å². The minimum Gasteiger partial charge on any atom is -0.455 e. The van der Waals surface area contributed by atoms with Crippen LogP contribution in [0.4, 0.5) is 0 Å². The van der Waals surface area contributed by atoms with Crippen molar-refractivity contribution in [2.45, 2.75) is 0 Å². The number of hydrogen-bond donors (Lipinski definition) is 0. The second-order valence-electron chi connectivity index (χ2n) is 13.2. The zero-order chi connectivity index (χ0) is 35.1. The van der Waals surface area contributed by atoms with Gasteiger partial charge in [-0.15, -0.1) is 0 Å². The minimum absolute atomic E-state index is 0.604. The molecule has 0 aliphatic rings. The Morgan fingerprint density at radius 2 is 0.698 bits per heavy atom. The maximum Gasteiger partial charge on any atom is 0.164 e. The Hall–Kier alpha value is -7.17. The molecule has 0 unspecified atom stereocenters. The second kappa shape index (κ2) is 12.9. The molecule has 2 aromatic heterocycles. The zero-order valence-electron chi connectivity index (χ0n) is 28.6. The summed E-state index contributed by atoms with van der Waals surface area (Å²) in [5.74, 6) is 1.83. The van der Waals surface area contributed by atoms with Crippen LogP contribution in [0.1, 0.15) is 0 Å². The Balaban J connectivity index is 1.22. The molecule has 2 heterocycles. The second-order valence-corrected chi connectivity index (χ2v) is 13.2. The van der Waals surface area contributed by atoms with E-state index in [9.17, 15) is 0 Å². The lowest BCUT2D eigenvalue weighted by molar-refractivity contribution is 0.674. The van der Waals surface area contributed by atoms with E-state index in [1.54, 1.807) is 0 Å². The molecule has 0 saturated carbocycles. The first kappa shape index (κ1) is 30.6. The number of hydrogen-bond acceptors (Lipinski definition) is 4. The summed E-state index contributed by atoms with van der Waals surface area (Å²) < 4.78 is 6.79. The molecule has 248 valence electrons. The molecule has 10 rings (SSSR count). The Labute approximate surface area is 306 Å². The smallest absolute Gasteiger partial charge is 0.164 e. The van der Waals surface area contributed by atoms with Crippen molar-refractivity contribution in [1.29, 1.82) is 0 Å². The van der Waals surface area contributed by atoms with E-state index in [4.69, 9.17) is 19.4 Å². The topological polar surface area (TPSA) is 51.8 Å². The molecule has 0 aliphatic carbocycles. The first-order valence-corrected chi connectivity index (χ1v) is 17.8. The fraction of sp³-hybridized carbons (Fsp3) is 0. The number of fused-ring (bicyclic) bond motifs is 5. The van der Waals surface area contributed by atoms with E-state index in [0.717, 1.165) is 82.8 Å². The Morgan fingerprint density at radius 1 is 0.264 bits per heavy atom. The van der Waals surface area contributed by atoms with E-state index in [1.807, 2.05) is 18.2 Å². The highest BCUT2D eigenvalue weighted by molar-refractivity contribution is 6.20. The molecule has 4 heteroatoms. The van der Waals surface area contributed by atoms with Gasteiger partial charge in [0.15, 0.2) is 17.5 Å². The van der Waals surface area contributed by atoms with E-state index in [0.29, 0.717) is 17.5 Å². The molecule has 53 heavy (non-hydrogen) atoms. The van der Waals surface area contributed by atoms with Crippen molar-refractivity contribution >= 4 is 32.7 Å². The summed E-state index contributed by atoms with van der Waals surface area (Å²) >= 11 is 0. The Morgan fingerprint density at radius 3 is 1.30 bits per heavy atom.